The van der Waals surface area contributed by atoms with Crippen LogP contribution in [0.25, 0.3) is 0 Å². The zero-order valence-corrected chi connectivity index (χ0v) is 8.43. The van der Waals surface area contributed by atoms with E-state index in [4.69, 9.17) is 5.26 Å². The molecule has 0 saturated carbocycles. The normalized spacial score (nSPS) is 11.2. The van der Waals surface area contributed by atoms with Gasteiger partial charge in [0.25, 0.3) is 0 Å². The van der Waals surface area contributed by atoms with Crippen LogP contribution >= 0.6 is 0 Å². The molecule has 0 unspecified atom stereocenters. The molecular formula is C11H12N2O2. The summed E-state index contributed by atoms with van der Waals surface area (Å²) in [5.41, 5.74) is 1.00. The van der Waals surface area contributed by atoms with Crippen LogP contribution in [-0.4, -0.2) is 19.2 Å². The highest BCUT2D eigenvalue weighted by Crippen LogP contribution is 2.02. The van der Waals surface area contributed by atoms with Crippen molar-refractivity contribution >= 4 is 6.09 Å². The molecule has 0 aromatic heterocycles. The van der Waals surface area contributed by atoms with Crippen molar-refractivity contribution < 1.29 is 9.53 Å². The monoisotopic (exact) mass is 204 g/mol. The maximum absolute atomic E-state index is 10.9. The molecule has 1 aromatic rings. The predicted octanol–water partition coefficient (Wildman–Crippen LogP) is 1.48. The van der Waals surface area contributed by atoms with Gasteiger partial charge in [0, 0.05) is 6.42 Å². The average molecular weight is 204 g/mol. The van der Waals surface area contributed by atoms with E-state index in [2.05, 4.69) is 10.1 Å². The van der Waals surface area contributed by atoms with Crippen molar-refractivity contribution in [2.24, 2.45) is 0 Å². The van der Waals surface area contributed by atoms with E-state index in [0.29, 0.717) is 6.42 Å². The Kier molecular flexibility index (Phi) is 4.17. The second-order valence-electron chi connectivity index (χ2n) is 3.01. The molecule has 0 saturated heterocycles. The van der Waals surface area contributed by atoms with E-state index >= 15 is 0 Å². The molecule has 0 heterocycles. The van der Waals surface area contributed by atoms with Crippen LogP contribution in [0.4, 0.5) is 4.79 Å². The van der Waals surface area contributed by atoms with E-state index in [-0.39, 0.29) is 0 Å². The maximum atomic E-state index is 10.9. The van der Waals surface area contributed by atoms with Gasteiger partial charge in [-0.25, -0.2) is 4.79 Å². The third kappa shape index (κ3) is 3.69. The third-order valence-electron chi connectivity index (χ3n) is 1.92. The number of methoxy groups -OCH3 is 1. The zero-order valence-electron chi connectivity index (χ0n) is 8.43. The molecule has 1 atom stereocenters. The van der Waals surface area contributed by atoms with Crippen LogP contribution in [0.5, 0.6) is 0 Å². The average Bonchev–Trinajstić information content (AvgIpc) is 2.29. The van der Waals surface area contributed by atoms with Gasteiger partial charge in [-0.15, -0.1) is 0 Å². The van der Waals surface area contributed by atoms with E-state index in [1.807, 2.05) is 36.4 Å². The molecule has 1 rings (SSSR count). The smallest absolute Gasteiger partial charge is 0.407 e. The second-order valence-corrected chi connectivity index (χ2v) is 3.01. The first-order chi connectivity index (χ1) is 7.26. The second kappa shape index (κ2) is 5.66. The Hall–Kier alpha value is -2.02. The summed E-state index contributed by atoms with van der Waals surface area (Å²) in [7, 11) is 1.27. The van der Waals surface area contributed by atoms with E-state index in [1.54, 1.807) is 0 Å². The number of carbonyl (C=O) groups is 1. The minimum absolute atomic E-state index is 0.479. The Morgan fingerprint density at radius 1 is 1.53 bits per heavy atom. The van der Waals surface area contributed by atoms with Crippen LogP contribution in [0, 0.1) is 11.3 Å². The highest BCUT2D eigenvalue weighted by molar-refractivity contribution is 5.67. The molecule has 1 aromatic carbocycles. The van der Waals surface area contributed by atoms with Gasteiger partial charge in [-0.3, -0.25) is 0 Å². The van der Waals surface area contributed by atoms with Crippen LogP contribution in [0.3, 0.4) is 0 Å². The lowest BCUT2D eigenvalue weighted by molar-refractivity contribution is 0.169. The number of benzene rings is 1. The van der Waals surface area contributed by atoms with Crippen LogP contribution in [0.1, 0.15) is 5.56 Å². The van der Waals surface area contributed by atoms with Crippen molar-refractivity contribution in [1.29, 1.82) is 5.26 Å². The Bertz CT molecular complexity index is 357. The third-order valence-corrected chi connectivity index (χ3v) is 1.92. The molecule has 0 aliphatic carbocycles. The summed E-state index contributed by atoms with van der Waals surface area (Å²) in [5.74, 6) is 0. The Morgan fingerprint density at radius 3 is 2.73 bits per heavy atom. The number of nitrogens with one attached hydrogen (secondary N) is 1. The maximum Gasteiger partial charge on any atom is 0.407 e. The molecule has 4 nitrogen and oxygen atoms in total. The lowest BCUT2D eigenvalue weighted by Crippen LogP contribution is -2.35. The van der Waals surface area contributed by atoms with Crippen molar-refractivity contribution in [1.82, 2.24) is 5.32 Å². The molecule has 1 N–H and O–H groups in total. The number of hydrogen-bond donors (Lipinski definition) is 1. The van der Waals surface area contributed by atoms with Crippen molar-refractivity contribution in [3.8, 4) is 6.07 Å². The number of nitriles is 1. The van der Waals surface area contributed by atoms with E-state index < -0.39 is 12.1 Å². The number of amides is 1. The van der Waals surface area contributed by atoms with Crippen LogP contribution in [0.2, 0.25) is 0 Å². The zero-order chi connectivity index (χ0) is 11.1. The standard InChI is InChI=1S/C11H12N2O2/c1-15-11(14)13-10(8-12)7-9-5-3-2-4-6-9/h2-6,10H,7H2,1H3,(H,13,14)/t10-/m0/s1. The van der Waals surface area contributed by atoms with E-state index in [9.17, 15) is 4.79 Å². The molecule has 4 heteroatoms. The summed E-state index contributed by atoms with van der Waals surface area (Å²) in [6, 6.07) is 10.9. The molecule has 0 radical (unpaired) electrons. The van der Waals surface area contributed by atoms with E-state index in [0.717, 1.165) is 5.56 Å². The Morgan fingerprint density at radius 2 is 2.20 bits per heavy atom. The van der Waals surface area contributed by atoms with Gasteiger partial charge in [-0.1, -0.05) is 30.3 Å². The molecule has 1 amide bonds. The number of hydrogen-bond acceptors (Lipinski definition) is 3. The van der Waals surface area contributed by atoms with Gasteiger partial charge in [-0.05, 0) is 5.56 Å². The summed E-state index contributed by atoms with van der Waals surface area (Å²) >= 11 is 0. The fraction of sp³-hybridized carbons (Fsp3) is 0.273. The number of ether oxygens (including phenoxy) is 1. The molecule has 0 fully saturated rings. The van der Waals surface area contributed by atoms with Gasteiger partial charge in [0.2, 0.25) is 0 Å². The first-order valence-corrected chi connectivity index (χ1v) is 4.54. The van der Waals surface area contributed by atoms with E-state index in [1.165, 1.54) is 7.11 Å². The van der Waals surface area contributed by atoms with Gasteiger partial charge in [0.15, 0.2) is 0 Å². The van der Waals surface area contributed by atoms with Gasteiger partial charge in [0.1, 0.15) is 6.04 Å². The lowest BCUT2D eigenvalue weighted by Gasteiger charge is -2.10. The summed E-state index contributed by atoms with van der Waals surface area (Å²) in [4.78, 5) is 10.9. The van der Waals surface area contributed by atoms with Crippen LogP contribution in [-0.2, 0) is 11.2 Å². The topological polar surface area (TPSA) is 62.1 Å². The minimum atomic E-state index is -0.586. The van der Waals surface area contributed by atoms with Gasteiger partial charge < -0.3 is 10.1 Å². The fourth-order valence-corrected chi connectivity index (χ4v) is 1.18. The van der Waals surface area contributed by atoms with Crippen molar-refractivity contribution in [2.75, 3.05) is 7.11 Å². The molecule has 0 bridgehead atoms. The van der Waals surface area contributed by atoms with Crippen LogP contribution in [0.15, 0.2) is 30.3 Å². The number of carbonyl (C=O) groups excluding carboxylic acids is 1. The van der Waals surface area contributed by atoms with Crippen molar-refractivity contribution in [3.63, 3.8) is 0 Å². The highest BCUT2D eigenvalue weighted by Gasteiger charge is 2.11. The summed E-state index contributed by atoms with van der Waals surface area (Å²) < 4.78 is 4.42. The van der Waals surface area contributed by atoms with Gasteiger partial charge in [0.05, 0.1) is 13.2 Å². The fourth-order valence-electron chi connectivity index (χ4n) is 1.18. The lowest BCUT2D eigenvalue weighted by atomic mass is 10.1. The van der Waals surface area contributed by atoms with Crippen LogP contribution < -0.4 is 5.32 Å². The van der Waals surface area contributed by atoms with Crippen molar-refractivity contribution in [3.05, 3.63) is 35.9 Å². The molecule has 0 spiro atoms. The highest BCUT2D eigenvalue weighted by atomic mass is 16.5. The quantitative estimate of drug-likeness (QED) is 0.811. The van der Waals surface area contributed by atoms with Crippen molar-refractivity contribution in [2.45, 2.75) is 12.5 Å². The first kappa shape index (κ1) is 11.1. The number of rotatable bonds is 3. The molecular weight excluding hydrogens is 192 g/mol. The molecule has 78 valence electrons. The largest absolute Gasteiger partial charge is 0.453 e. The number of nitrogens with zero attached hydrogens (tertiary/aromatic N) is 1. The number of alkyl carbamates (subject to hydrolysis) is 1. The first-order valence-electron chi connectivity index (χ1n) is 4.54. The molecule has 0 aliphatic heterocycles. The van der Waals surface area contributed by atoms with Gasteiger partial charge in [-0.2, -0.15) is 5.26 Å². The summed E-state index contributed by atoms with van der Waals surface area (Å²) in [6.45, 7) is 0. The molecule has 15 heavy (non-hydrogen) atoms. The minimum Gasteiger partial charge on any atom is -0.453 e. The summed E-state index contributed by atoms with van der Waals surface area (Å²) in [6.07, 6.45) is -0.107. The predicted molar refractivity (Wildman–Crippen MR) is 55.1 cm³/mol. The van der Waals surface area contributed by atoms with Gasteiger partial charge >= 0.3 is 6.09 Å². The SMILES string of the molecule is COC(=O)N[C@H](C#N)Cc1ccccc1. The Labute approximate surface area is 88.5 Å². The Balaban J connectivity index is 2.55. The summed E-state index contributed by atoms with van der Waals surface area (Å²) in [5, 5.41) is 11.3. The molecule has 0 aliphatic rings.